The summed E-state index contributed by atoms with van der Waals surface area (Å²) in [6.45, 7) is 14.2. The van der Waals surface area contributed by atoms with E-state index in [1.54, 1.807) is 0 Å². The van der Waals surface area contributed by atoms with Crippen LogP contribution >= 0.6 is 11.6 Å². The van der Waals surface area contributed by atoms with Crippen molar-refractivity contribution in [2.45, 2.75) is 45.8 Å². The van der Waals surface area contributed by atoms with Crippen molar-refractivity contribution in [2.24, 2.45) is 5.41 Å². The number of fused-ring (bicyclic) bond motifs is 1. The highest BCUT2D eigenvalue weighted by molar-refractivity contribution is 6.31. The van der Waals surface area contributed by atoms with Crippen molar-refractivity contribution >= 4 is 35.1 Å². The van der Waals surface area contributed by atoms with Crippen LogP contribution in [-0.2, 0) is 22.6 Å². The van der Waals surface area contributed by atoms with E-state index in [2.05, 4.69) is 43.6 Å². The molecule has 3 aliphatic rings. The summed E-state index contributed by atoms with van der Waals surface area (Å²) < 4.78 is 6.28. The number of hydrogen-bond donors (Lipinski definition) is 2. The third-order valence-corrected chi connectivity index (χ3v) is 8.33. The fraction of sp³-hybridized carbons (Fsp3) is 0.448. The lowest BCUT2D eigenvalue weighted by Crippen LogP contribution is -2.59. The maximum Gasteiger partial charge on any atom is 0.245 e. The van der Waals surface area contributed by atoms with Crippen molar-refractivity contribution in [1.29, 1.82) is 5.41 Å². The van der Waals surface area contributed by atoms with Crippen molar-refractivity contribution in [3.05, 3.63) is 58.1 Å². The molecule has 0 aromatic heterocycles. The summed E-state index contributed by atoms with van der Waals surface area (Å²) in [5.74, 6) is 0.0242. The van der Waals surface area contributed by atoms with E-state index in [0.29, 0.717) is 11.6 Å². The van der Waals surface area contributed by atoms with Crippen LogP contribution < -0.4 is 10.2 Å². The molecule has 0 radical (unpaired) electrons. The van der Waals surface area contributed by atoms with Gasteiger partial charge in [-0.1, -0.05) is 18.2 Å². The first-order valence-corrected chi connectivity index (χ1v) is 13.0. The average Bonchev–Trinajstić information content (AvgIpc) is 3.27. The SMILES string of the molecule is C=CC(=O)N1CC2(CCN(c3cc4c(c(-c5cc(Cl)cc(C=N)c5NC)c3C)COC(C)(C)C4)C2)C1. The highest BCUT2D eigenvalue weighted by Gasteiger charge is 2.49. The summed E-state index contributed by atoms with van der Waals surface area (Å²) in [6, 6.07) is 6.19. The van der Waals surface area contributed by atoms with E-state index in [4.69, 9.17) is 21.7 Å². The second-order valence-corrected chi connectivity index (χ2v) is 11.6. The van der Waals surface area contributed by atoms with Crippen LogP contribution in [0.15, 0.2) is 30.9 Å². The molecular weight excluding hydrogens is 472 g/mol. The predicted molar refractivity (Wildman–Crippen MR) is 148 cm³/mol. The number of halogens is 1. The molecule has 36 heavy (non-hydrogen) atoms. The Labute approximate surface area is 218 Å². The molecule has 1 amide bonds. The average molecular weight is 507 g/mol. The minimum atomic E-state index is -0.233. The van der Waals surface area contributed by atoms with Crippen LogP contribution in [0, 0.1) is 17.7 Å². The van der Waals surface area contributed by atoms with Gasteiger partial charge in [-0.25, -0.2) is 0 Å². The smallest absolute Gasteiger partial charge is 0.245 e. The molecular formula is C29H35ClN4O2. The van der Waals surface area contributed by atoms with E-state index in [9.17, 15) is 4.79 Å². The summed E-state index contributed by atoms with van der Waals surface area (Å²) in [4.78, 5) is 16.4. The van der Waals surface area contributed by atoms with Crippen LogP contribution in [0.4, 0.5) is 11.4 Å². The molecule has 2 aromatic carbocycles. The van der Waals surface area contributed by atoms with Gasteiger partial charge >= 0.3 is 0 Å². The first-order valence-electron chi connectivity index (χ1n) is 12.6. The molecule has 0 unspecified atom stereocenters. The van der Waals surface area contributed by atoms with Gasteiger partial charge in [0.05, 0.1) is 17.9 Å². The maximum atomic E-state index is 12.1. The number of anilines is 2. The van der Waals surface area contributed by atoms with Gasteiger partial charge in [-0.15, -0.1) is 0 Å². The van der Waals surface area contributed by atoms with E-state index in [1.165, 1.54) is 34.7 Å². The molecule has 0 atom stereocenters. The minimum absolute atomic E-state index is 0.0242. The summed E-state index contributed by atoms with van der Waals surface area (Å²) in [6.07, 6.45) is 4.67. The normalized spacial score (nSPS) is 19.6. The largest absolute Gasteiger partial charge is 0.387 e. The second kappa shape index (κ2) is 8.93. The van der Waals surface area contributed by atoms with Crippen LogP contribution in [-0.4, -0.2) is 55.8 Å². The highest BCUT2D eigenvalue weighted by atomic mass is 35.5. The minimum Gasteiger partial charge on any atom is -0.387 e. The van der Waals surface area contributed by atoms with Gasteiger partial charge in [0.15, 0.2) is 0 Å². The molecule has 1 spiro atoms. The lowest BCUT2D eigenvalue weighted by atomic mass is 9.79. The second-order valence-electron chi connectivity index (χ2n) is 11.1. The number of nitrogens with one attached hydrogen (secondary N) is 2. The zero-order chi connectivity index (χ0) is 25.8. The van der Waals surface area contributed by atoms with Crippen LogP contribution in [0.1, 0.15) is 42.5 Å². The van der Waals surface area contributed by atoms with E-state index in [-0.39, 0.29) is 16.9 Å². The fourth-order valence-corrected chi connectivity index (χ4v) is 6.56. The Balaban J connectivity index is 1.61. The number of likely N-dealkylation sites (tertiary alicyclic amines) is 1. The summed E-state index contributed by atoms with van der Waals surface area (Å²) in [5.41, 5.74) is 8.67. The number of rotatable bonds is 5. The Kier molecular flexibility index (Phi) is 6.16. The Hall–Kier alpha value is -2.83. The van der Waals surface area contributed by atoms with Crippen molar-refractivity contribution in [2.75, 3.05) is 43.4 Å². The molecule has 2 N–H and O–H groups in total. The van der Waals surface area contributed by atoms with Crippen LogP contribution in [0.3, 0.4) is 0 Å². The van der Waals surface area contributed by atoms with E-state index in [0.717, 1.165) is 61.4 Å². The first-order chi connectivity index (χ1) is 17.1. The number of nitrogens with zero attached hydrogens (tertiary/aromatic N) is 2. The maximum absolute atomic E-state index is 12.1. The van der Waals surface area contributed by atoms with Crippen LogP contribution in [0.2, 0.25) is 5.02 Å². The van der Waals surface area contributed by atoms with E-state index >= 15 is 0 Å². The Morgan fingerprint density at radius 1 is 1.25 bits per heavy atom. The third-order valence-electron chi connectivity index (χ3n) is 8.11. The Morgan fingerprint density at radius 3 is 2.67 bits per heavy atom. The van der Waals surface area contributed by atoms with Gasteiger partial charge in [0, 0.05) is 73.1 Å². The first kappa shape index (κ1) is 24.8. The van der Waals surface area contributed by atoms with Crippen molar-refractivity contribution < 1.29 is 9.53 Å². The number of hydrogen-bond acceptors (Lipinski definition) is 5. The van der Waals surface area contributed by atoms with E-state index < -0.39 is 0 Å². The summed E-state index contributed by atoms with van der Waals surface area (Å²) in [7, 11) is 1.89. The molecule has 2 aromatic rings. The number of ether oxygens (including phenoxy) is 1. The molecule has 2 fully saturated rings. The van der Waals surface area contributed by atoms with Crippen molar-refractivity contribution in [1.82, 2.24) is 4.90 Å². The predicted octanol–water partition coefficient (Wildman–Crippen LogP) is 5.43. The fourth-order valence-electron chi connectivity index (χ4n) is 6.33. The summed E-state index contributed by atoms with van der Waals surface area (Å²) >= 11 is 6.56. The van der Waals surface area contributed by atoms with Crippen LogP contribution in [0.25, 0.3) is 11.1 Å². The van der Waals surface area contributed by atoms with Gasteiger partial charge in [-0.3, -0.25) is 4.79 Å². The van der Waals surface area contributed by atoms with Gasteiger partial charge in [-0.05, 0) is 73.7 Å². The Morgan fingerprint density at radius 2 is 2.00 bits per heavy atom. The number of carbonyl (C=O) groups excluding carboxylic acids is 1. The monoisotopic (exact) mass is 506 g/mol. The molecule has 190 valence electrons. The molecule has 7 heteroatoms. The van der Waals surface area contributed by atoms with Crippen molar-refractivity contribution in [3.8, 4) is 11.1 Å². The molecule has 3 heterocycles. The van der Waals surface area contributed by atoms with Gasteiger partial charge in [0.2, 0.25) is 5.91 Å². The van der Waals surface area contributed by atoms with Gasteiger partial charge in [0.1, 0.15) is 0 Å². The zero-order valence-electron chi connectivity index (χ0n) is 21.6. The quantitative estimate of drug-likeness (QED) is 0.419. The van der Waals surface area contributed by atoms with Crippen LogP contribution in [0.5, 0.6) is 0 Å². The molecule has 3 aliphatic heterocycles. The number of carbonyl (C=O) groups is 1. The topological polar surface area (TPSA) is 68.7 Å². The molecule has 0 aliphatic carbocycles. The lowest BCUT2D eigenvalue weighted by molar-refractivity contribution is -0.136. The number of amides is 1. The molecule has 0 bridgehead atoms. The van der Waals surface area contributed by atoms with Gasteiger partial charge in [0.25, 0.3) is 0 Å². The highest BCUT2D eigenvalue weighted by Crippen LogP contribution is 2.47. The lowest BCUT2D eigenvalue weighted by Gasteiger charge is -2.47. The van der Waals surface area contributed by atoms with E-state index in [1.807, 2.05) is 24.1 Å². The molecule has 2 saturated heterocycles. The van der Waals surface area contributed by atoms with Gasteiger partial charge < -0.3 is 25.3 Å². The molecule has 6 nitrogen and oxygen atoms in total. The third kappa shape index (κ3) is 4.10. The van der Waals surface area contributed by atoms with Gasteiger partial charge in [-0.2, -0.15) is 0 Å². The van der Waals surface area contributed by atoms with Crippen molar-refractivity contribution in [3.63, 3.8) is 0 Å². The Bertz CT molecular complexity index is 1260. The zero-order valence-corrected chi connectivity index (χ0v) is 22.4. The molecule has 0 saturated carbocycles. The molecule has 5 rings (SSSR count). The summed E-state index contributed by atoms with van der Waals surface area (Å²) in [5, 5.41) is 11.9. The number of benzene rings is 2. The standard InChI is InChI=1S/C29H35ClN4O2/c1-6-25(35)34-16-29(17-34)7-8-33(15-29)24-10-19-12-28(3,4)36-14-23(19)26(18(24)2)22-11-21(30)9-20(13-31)27(22)32-5/h6,9-11,13,31-32H,1,7-8,12,14-17H2,2-5H3.